The van der Waals surface area contributed by atoms with Crippen LogP contribution in [-0.4, -0.2) is 11.5 Å². The molecule has 0 atom stereocenters. The van der Waals surface area contributed by atoms with Crippen molar-refractivity contribution in [3.05, 3.63) is 71.3 Å². The number of Topliss-reactive ketones (excluding diaryl/α,β-unsaturated/α-hetero) is 1. The van der Waals surface area contributed by atoms with Crippen LogP contribution in [0.25, 0.3) is 5.57 Å². The van der Waals surface area contributed by atoms with Crippen LogP contribution in [0.15, 0.2) is 53.9 Å². The second-order valence-electron chi connectivity index (χ2n) is 6.12. The summed E-state index contributed by atoms with van der Waals surface area (Å²) in [5.41, 5.74) is 5.66. The molecule has 0 amide bonds. The summed E-state index contributed by atoms with van der Waals surface area (Å²) >= 11 is 1.87. The number of hydrogen-bond donors (Lipinski definition) is 0. The average molecular weight is 322 g/mol. The Kier molecular flexibility index (Phi) is 5.02. The first-order valence-corrected chi connectivity index (χ1v) is 9.16. The molecule has 1 heterocycles. The van der Waals surface area contributed by atoms with Gasteiger partial charge in [-0.1, -0.05) is 43.0 Å². The summed E-state index contributed by atoms with van der Waals surface area (Å²) in [4.78, 5) is 13.8. The Morgan fingerprint density at radius 1 is 1.17 bits per heavy atom. The first-order valence-electron chi connectivity index (χ1n) is 8.18. The van der Waals surface area contributed by atoms with Crippen molar-refractivity contribution in [1.82, 2.24) is 0 Å². The van der Waals surface area contributed by atoms with Crippen molar-refractivity contribution in [2.45, 2.75) is 37.5 Å². The number of allylic oxidation sites excluding steroid dienone is 1. The molecule has 0 saturated carbocycles. The highest BCUT2D eigenvalue weighted by molar-refractivity contribution is 7.99. The molecular weight excluding hydrogens is 300 g/mol. The zero-order valence-corrected chi connectivity index (χ0v) is 14.4. The maximum absolute atomic E-state index is 12.5. The van der Waals surface area contributed by atoms with Crippen molar-refractivity contribution in [2.24, 2.45) is 0 Å². The minimum atomic E-state index is 0.216. The summed E-state index contributed by atoms with van der Waals surface area (Å²) in [7, 11) is 0. The molecule has 0 fully saturated rings. The van der Waals surface area contributed by atoms with Crippen LogP contribution in [0, 0.1) is 6.92 Å². The van der Waals surface area contributed by atoms with Crippen molar-refractivity contribution in [3.63, 3.8) is 0 Å². The largest absolute Gasteiger partial charge is 0.294 e. The molecule has 0 aromatic heterocycles. The number of fused-ring (bicyclic) bond motifs is 1. The van der Waals surface area contributed by atoms with Crippen molar-refractivity contribution in [2.75, 3.05) is 5.75 Å². The van der Waals surface area contributed by atoms with E-state index < -0.39 is 0 Å². The molecule has 2 aromatic rings. The molecule has 0 radical (unpaired) electrons. The Labute approximate surface area is 142 Å². The molecule has 0 aliphatic carbocycles. The predicted octanol–water partition coefficient (Wildman–Crippen LogP) is 5.71. The van der Waals surface area contributed by atoms with Crippen LogP contribution in [0.4, 0.5) is 0 Å². The lowest BCUT2D eigenvalue weighted by Crippen LogP contribution is -2.04. The molecule has 0 unspecified atom stereocenters. The highest BCUT2D eigenvalue weighted by Crippen LogP contribution is 2.31. The third kappa shape index (κ3) is 3.76. The SMILES string of the molecule is C=C(CCC(=O)c1ccc2c(c1)SCCC2)c1ccccc1C. The van der Waals surface area contributed by atoms with Gasteiger partial charge in [-0.3, -0.25) is 4.79 Å². The van der Waals surface area contributed by atoms with Gasteiger partial charge in [0.2, 0.25) is 0 Å². The van der Waals surface area contributed by atoms with Crippen LogP contribution in [0.1, 0.15) is 46.3 Å². The highest BCUT2D eigenvalue weighted by atomic mass is 32.2. The zero-order chi connectivity index (χ0) is 16.2. The molecule has 0 N–H and O–H groups in total. The quantitative estimate of drug-likeness (QED) is 0.656. The molecule has 23 heavy (non-hydrogen) atoms. The van der Waals surface area contributed by atoms with Crippen molar-refractivity contribution < 1.29 is 4.79 Å². The Bertz CT molecular complexity index is 745. The fraction of sp³-hybridized carbons (Fsp3) is 0.286. The summed E-state index contributed by atoms with van der Waals surface area (Å²) in [6.45, 7) is 6.25. The predicted molar refractivity (Wildman–Crippen MR) is 99.3 cm³/mol. The molecule has 1 aliphatic heterocycles. The standard InChI is InChI=1S/C21H22OS/c1-15-6-3-4-8-19(15)16(2)9-12-20(22)18-11-10-17-7-5-13-23-21(17)14-18/h3-4,6,8,10-11,14H,2,5,7,9,12-13H2,1H3. The molecule has 1 nitrogen and oxygen atoms in total. The lowest BCUT2D eigenvalue weighted by molar-refractivity contribution is 0.0984. The van der Waals surface area contributed by atoms with Gasteiger partial charge in [-0.2, -0.15) is 0 Å². The molecule has 0 bridgehead atoms. The van der Waals surface area contributed by atoms with E-state index in [1.165, 1.54) is 28.0 Å². The summed E-state index contributed by atoms with van der Waals surface area (Å²) < 4.78 is 0. The Balaban J connectivity index is 1.66. The average Bonchev–Trinajstić information content (AvgIpc) is 2.59. The van der Waals surface area contributed by atoms with Crippen LogP contribution >= 0.6 is 11.8 Å². The van der Waals surface area contributed by atoms with Crippen LogP contribution in [-0.2, 0) is 6.42 Å². The number of ketones is 1. The first kappa shape index (κ1) is 16.1. The lowest BCUT2D eigenvalue weighted by Gasteiger charge is -2.16. The minimum absolute atomic E-state index is 0.216. The molecule has 2 aromatic carbocycles. The van der Waals surface area contributed by atoms with Gasteiger partial charge in [-0.25, -0.2) is 0 Å². The van der Waals surface area contributed by atoms with E-state index in [-0.39, 0.29) is 5.78 Å². The maximum atomic E-state index is 12.5. The van der Waals surface area contributed by atoms with Gasteiger partial charge in [0, 0.05) is 16.9 Å². The lowest BCUT2D eigenvalue weighted by atomic mass is 9.95. The van der Waals surface area contributed by atoms with E-state index in [2.05, 4.69) is 37.8 Å². The number of carbonyl (C=O) groups is 1. The van der Waals surface area contributed by atoms with E-state index >= 15 is 0 Å². The molecule has 118 valence electrons. The Hall–Kier alpha value is -1.80. The number of hydrogen-bond acceptors (Lipinski definition) is 2. The zero-order valence-electron chi connectivity index (χ0n) is 13.6. The van der Waals surface area contributed by atoms with Crippen LogP contribution < -0.4 is 0 Å². The number of thioether (sulfide) groups is 1. The van der Waals surface area contributed by atoms with E-state index in [0.717, 1.165) is 23.3 Å². The summed E-state index contributed by atoms with van der Waals surface area (Å²) in [6, 6.07) is 14.4. The van der Waals surface area contributed by atoms with Crippen molar-refractivity contribution in [1.29, 1.82) is 0 Å². The van der Waals surface area contributed by atoms with Gasteiger partial charge in [0.25, 0.3) is 0 Å². The molecule has 0 saturated heterocycles. The van der Waals surface area contributed by atoms with Crippen molar-refractivity contribution >= 4 is 23.1 Å². The van der Waals surface area contributed by atoms with E-state index in [9.17, 15) is 4.79 Å². The van der Waals surface area contributed by atoms with E-state index in [1.54, 1.807) is 0 Å². The summed E-state index contributed by atoms with van der Waals surface area (Å²) in [5, 5.41) is 0. The number of rotatable bonds is 5. The number of benzene rings is 2. The van der Waals surface area contributed by atoms with Gasteiger partial charge in [0.15, 0.2) is 5.78 Å². The van der Waals surface area contributed by atoms with E-state index in [0.29, 0.717) is 12.8 Å². The van der Waals surface area contributed by atoms with Gasteiger partial charge in [-0.15, -0.1) is 11.8 Å². The van der Waals surface area contributed by atoms with Crippen LogP contribution in [0.3, 0.4) is 0 Å². The third-order valence-corrected chi connectivity index (χ3v) is 5.60. The van der Waals surface area contributed by atoms with E-state index in [1.807, 2.05) is 30.0 Å². The second-order valence-corrected chi connectivity index (χ2v) is 7.25. The molecule has 2 heteroatoms. The summed E-state index contributed by atoms with van der Waals surface area (Å²) in [5.74, 6) is 1.38. The smallest absolute Gasteiger partial charge is 0.163 e. The fourth-order valence-corrected chi connectivity index (χ4v) is 4.10. The maximum Gasteiger partial charge on any atom is 0.163 e. The Morgan fingerprint density at radius 2 is 2.00 bits per heavy atom. The Morgan fingerprint density at radius 3 is 2.83 bits per heavy atom. The third-order valence-electron chi connectivity index (χ3n) is 4.42. The topological polar surface area (TPSA) is 17.1 Å². The fourth-order valence-electron chi connectivity index (χ4n) is 3.03. The van der Waals surface area contributed by atoms with Gasteiger partial charge in [0.1, 0.15) is 0 Å². The van der Waals surface area contributed by atoms with Crippen LogP contribution in [0.2, 0.25) is 0 Å². The highest BCUT2D eigenvalue weighted by Gasteiger charge is 2.14. The van der Waals surface area contributed by atoms with Gasteiger partial charge in [0.05, 0.1) is 0 Å². The van der Waals surface area contributed by atoms with E-state index in [4.69, 9.17) is 0 Å². The monoisotopic (exact) mass is 322 g/mol. The molecule has 3 rings (SSSR count). The first-order chi connectivity index (χ1) is 11.1. The summed E-state index contributed by atoms with van der Waals surface area (Å²) in [6.07, 6.45) is 3.62. The van der Waals surface area contributed by atoms with Crippen molar-refractivity contribution in [3.8, 4) is 0 Å². The normalized spacial score (nSPS) is 13.4. The molecule has 1 aliphatic rings. The molecule has 0 spiro atoms. The number of carbonyl (C=O) groups excluding carboxylic acids is 1. The second kappa shape index (κ2) is 7.18. The van der Waals surface area contributed by atoms with Gasteiger partial charge >= 0.3 is 0 Å². The molecular formula is C21H22OS. The van der Waals surface area contributed by atoms with Crippen LogP contribution in [0.5, 0.6) is 0 Å². The minimum Gasteiger partial charge on any atom is -0.294 e. The number of aryl methyl sites for hydroxylation is 2. The van der Waals surface area contributed by atoms with Gasteiger partial charge < -0.3 is 0 Å². The van der Waals surface area contributed by atoms with Gasteiger partial charge in [-0.05, 0) is 60.3 Å².